The highest BCUT2D eigenvalue weighted by molar-refractivity contribution is 6.11. The van der Waals surface area contributed by atoms with Gasteiger partial charge in [0.2, 0.25) is 11.8 Å². The monoisotopic (exact) mass is 334 g/mol. The number of benzene rings is 2. The van der Waals surface area contributed by atoms with Crippen molar-refractivity contribution in [2.45, 2.75) is 38.6 Å². The van der Waals surface area contributed by atoms with E-state index in [2.05, 4.69) is 12.1 Å². The third-order valence-corrected chi connectivity index (χ3v) is 5.19. The number of rotatable bonds is 2. The molecule has 0 saturated carbocycles. The molecule has 0 N–H and O–H groups in total. The predicted molar refractivity (Wildman–Crippen MR) is 98.8 cm³/mol. The fourth-order valence-corrected chi connectivity index (χ4v) is 4.05. The van der Waals surface area contributed by atoms with E-state index in [9.17, 15) is 9.59 Å². The minimum Gasteiger partial charge on any atom is -0.312 e. The van der Waals surface area contributed by atoms with Crippen LogP contribution in [0.5, 0.6) is 0 Å². The van der Waals surface area contributed by atoms with Crippen LogP contribution in [0.4, 0.5) is 11.4 Å². The number of fused-ring (bicyclic) bond motifs is 2. The summed E-state index contributed by atoms with van der Waals surface area (Å²) in [6.45, 7) is 2.73. The second-order valence-corrected chi connectivity index (χ2v) is 6.90. The average molecular weight is 334 g/mol. The Morgan fingerprint density at radius 3 is 2.44 bits per heavy atom. The standard InChI is InChI=1S/C21H22N2O2/c1-15-13-17-8-3-5-11-19(17)23(15)21(25)14-20(24)22-12-6-9-16-7-2-4-10-18(16)22/h2-5,7-8,10-11,15H,6,9,12-14H2,1H3. The molecule has 1 atom stereocenters. The molecule has 2 aliphatic heterocycles. The Balaban J connectivity index is 1.53. The summed E-state index contributed by atoms with van der Waals surface area (Å²) >= 11 is 0. The summed E-state index contributed by atoms with van der Waals surface area (Å²) in [5.74, 6) is -0.209. The summed E-state index contributed by atoms with van der Waals surface area (Å²) in [6, 6.07) is 16.1. The van der Waals surface area contributed by atoms with Crippen LogP contribution in [0.3, 0.4) is 0 Å². The normalized spacial score (nSPS) is 18.7. The molecular weight excluding hydrogens is 312 g/mol. The van der Waals surface area contributed by atoms with Crippen LogP contribution >= 0.6 is 0 Å². The lowest BCUT2D eigenvalue weighted by molar-refractivity contribution is -0.126. The fraction of sp³-hybridized carbons (Fsp3) is 0.333. The zero-order valence-electron chi connectivity index (χ0n) is 14.4. The van der Waals surface area contributed by atoms with E-state index >= 15 is 0 Å². The lowest BCUT2D eigenvalue weighted by atomic mass is 10.0. The molecule has 4 nitrogen and oxygen atoms in total. The van der Waals surface area contributed by atoms with Gasteiger partial charge in [-0.2, -0.15) is 0 Å². The Kier molecular flexibility index (Phi) is 4.04. The lowest BCUT2D eigenvalue weighted by Crippen LogP contribution is -2.42. The van der Waals surface area contributed by atoms with Crippen LogP contribution in [-0.4, -0.2) is 24.4 Å². The van der Waals surface area contributed by atoms with Gasteiger partial charge in [0.25, 0.3) is 0 Å². The van der Waals surface area contributed by atoms with E-state index in [0.29, 0.717) is 6.54 Å². The molecule has 2 aromatic carbocycles. The summed E-state index contributed by atoms with van der Waals surface area (Å²) in [4.78, 5) is 29.3. The van der Waals surface area contributed by atoms with Crippen molar-refractivity contribution in [1.29, 1.82) is 0 Å². The summed E-state index contributed by atoms with van der Waals surface area (Å²) in [5.41, 5.74) is 4.28. The Morgan fingerprint density at radius 1 is 0.960 bits per heavy atom. The minimum atomic E-state index is -0.106. The number of carbonyl (C=O) groups is 2. The van der Waals surface area contributed by atoms with Crippen molar-refractivity contribution in [2.75, 3.05) is 16.3 Å². The lowest BCUT2D eigenvalue weighted by Gasteiger charge is -2.30. The van der Waals surface area contributed by atoms with E-state index in [-0.39, 0.29) is 24.3 Å². The van der Waals surface area contributed by atoms with Gasteiger partial charge in [-0.1, -0.05) is 36.4 Å². The molecule has 0 saturated heterocycles. The van der Waals surface area contributed by atoms with E-state index in [1.807, 2.05) is 43.3 Å². The number of hydrogen-bond acceptors (Lipinski definition) is 2. The number of nitrogens with zero attached hydrogens (tertiary/aromatic N) is 2. The summed E-state index contributed by atoms with van der Waals surface area (Å²) in [6.07, 6.45) is 2.71. The van der Waals surface area contributed by atoms with Crippen LogP contribution in [0, 0.1) is 0 Å². The van der Waals surface area contributed by atoms with Gasteiger partial charge in [0.1, 0.15) is 6.42 Å². The van der Waals surface area contributed by atoms with Crippen molar-refractivity contribution in [2.24, 2.45) is 0 Å². The molecule has 0 fully saturated rings. The highest BCUT2D eigenvalue weighted by atomic mass is 16.2. The molecule has 0 aliphatic carbocycles. The molecule has 1 unspecified atom stereocenters. The predicted octanol–water partition coefficient (Wildman–Crippen LogP) is 3.33. The average Bonchev–Trinajstić information content (AvgIpc) is 2.96. The molecular formula is C21H22N2O2. The largest absolute Gasteiger partial charge is 0.312 e. The van der Waals surface area contributed by atoms with Crippen LogP contribution < -0.4 is 9.80 Å². The van der Waals surface area contributed by atoms with Gasteiger partial charge in [-0.05, 0) is 49.4 Å². The molecule has 2 heterocycles. The van der Waals surface area contributed by atoms with Gasteiger partial charge in [0.05, 0.1) is 0 Å². The third kappa shape index (κ3) is 2.82. The molecule has 0 spiro atoms. The number of aryl methyl sites for hydroxylation is 1. The fourth-order valence-electron chi connectivity index (χ4n) is 4.05. The van der Waals surface area contributed by atoms with Gasteiger partial charge in [0, 0.05) is 24.0 Å². The summed E-state index contributed by atoms with van der Waals surface area (Å²) in [7, 11) is 0. The smallest absolute Gasteiger partial charge is 0.236 e. The van der Waals surface area contributed by atoms with Crippen molar-refractivity contribution in [3.63, 3.8) is 0 Å². The molecule has 2 amide bonds. The van der Waals surface area contributed by atoms with Crippen molar-refractivity contribution in [3.8, 4) is 0 Å². The van der Waals surface area contributed by atoms with Crippen LogP contribution in [0.15, 0.2) is 48.5 Å². The Bertz CT molecular complexity index is 830. The molecule has 4 rings (SSSR count). The van der Waals surface area contributed by atoms with Gasteiger partial charge < -0.3 is 9.80 Å². The number of carbonyl (C=O) groups excluding carboxylic acids is 2. The van der Waals surface area contributed by atoms with Crippen LogP contribution in [0.2, 0.25) is 0 Å². The Hall–Kier alpha value is -2.62. The van der Waals surface area contributed by atoms with E-state index in [0.717, 1.165) is 30.6 Å². The first-order valence-corrected chi connectivity index (χ1v) is 8.93. The van der Waals surface area contributed by atoms with Crippen molar-refractivity contribution < 1.29 is 9.59 Å². The zero-order valence-corrected chi connectivity index (χ0v) is 14.4. The molecule has 0 radical (unpaired) electrons. The third-order valence-electron chi connectivity index (χ3n) is 5.19. The van der Waals surface area contributed by atoms with Crippen molar-refractivity contribution in [1.82, 2.24) is 0 Å². The number of anilines is 2. The van der Waals surface area contributed by atoms with Gasteiger partial charge in [-0.3, -0.25) is 9.59 Å². The molecule has 128 valence electrons. The van der Waals surface area contributed by atoms with Gasteiger partial charge in [-0.25, -0.2) is 0 Å². The van der Waals surface area contributed by atoms with Crippen LogP contribution in [0.25, 0.3) is 0 Å². The SMILES string of the molecule is CC1Cc2ccccc2N1C(=O)CC(=O)N1CCCc2ccccc21. The maximum absolute atomic E-state index is 12.9. The Labute approximate surface area is 148 Å². The maximum Gasteiger partial charge on any atom is 0.236 e. The first kappa shape index (κ1) is 15.9. The van der Waals surface area contributed by atoms with Crippen molar-refractivity contribution >= 4 is 23.2 Å². The number of para-hydroxylation sites is 2. The summed E-state index contributed by atoms with van der Waals surface area (Å²) in [5, 5.41) is 0. The van der Waals surface area contributed by atoms with E-state index in [1.54, 1.807) is 9.80 Å². The molecule has 0 aromatic heterocycles. The molecule has 25 heavy (non-hydrogen) atoms. The summed E-state index contributed by atoms with van der Waals surface area (Å²) < 4.78 is 0. The first-order valence-electron chi connectivity index (χ1n) is 8.93. The van der Waals surface area contributed by atoms with E-state index < -0.39 is 0 Å². The molecule has 2 aliphatic rings. The molecule has 0 bridgehead atoms. The maximum atomic E-state index is 12.9. The van der Waals surface area contributed by atoms with Crippen LogP contribution in [-0.2, 0) is 22.4 Å². The first-order chi connectivity index (χ1) is 12.1. The second-order valence-electron chi connectivity index (χ2n) is 6.90. The molecule has 2 aromatic rings. The second kappa shape index (κ2) is 6.36. The highest BCUT2D eigenvalue weighted by Crippen LogP contribution is 2.33. The zero-order chi connectivity index (χ0) is 17.4. The topological polar surface area (TPSA) is 40.6 Å². The van der Waals surface area contributed by atoms with Crippen LogP contribution in [0.1, 0.15) is 30.9 Å². The van der Waals surface area contributed by atoms with Crippen molar-refractivity contribution in [3.05, 3.63) is 59.7 Å². The quantitative estimate of drug-likeness (QED) is 0.791. The van der Waals surface area contributed by atoms with E-state index in [1.165, 1.54) is 11.1 Å². The van der Waals surface area contributed by atoms with Gasteiger partial charge >= 0.3 is 0 Å². The highest BCUT2D eigenvalue weighted by Gasteiger charge is 2.33. The number of amides is 2. The number of hydrogen-bond donors (Lipinski definition) is 0. The van der Waals surface area contributed by atoms with E-state index in [4.69, 9.17) is 0 Å². The minimum absolute atomic E-state index is 0.0764. The molecule has 4 heteroatoms. The van der Waals surface area contributed by atoms with Gasteiger partial charge in [-0.15, -0.1) is 0 Å². The van der Waals surface area contributed by atoms with Gasteiger partial charge in [0.15, 0.2) is 0 Å². The Morgan fingerprint density at radius 2 is 1.64 bits per heavy atom.